The molecule has 5 nitrogen and oxygen atoms in total. The minimum absolute atomic E-state index is 0.848. The molecule has 0 aromatic carbocycles. The molecule has 0 fully saturated rings. The molecule has 0 N–H and O–H groups in total. The number of rotatable bonds is 7. The first-order valence-electron chi connectivity index (χ1n) is 5.66. The zero-order valence-corrected chi connectivity index (χ0v) is 11.4. The SMILES string of the molecule is CO[Si](CCCN1C=NCCC1)(OC)OC. The molecular formula is C10H22N2O3Si. The van der Waals surface area contributed by atoms with Gasteiger partial charge in [0.1, 0.15) is 0 Å². The van der Waals surface area contributed by atoms with Crippen LogP contribution in [0.4, 0.5) is 0 Å². The number of aliphatic imine (C=N–C) groups is 1. The van der Waals surface area contributed by atoms with Crippen molar-refractivity contribution in [1.29, 1.82) is 0 Å². The monoisotopic (exact) mass is 246 g/mol. The lowest BCUT2D eigenvalue weighted by atomic mass is 10.3. The lowest BCUT2D eigenvalue weighted by Gasteiger charge is -2.26. The average Bonchev–Trinajstić information content (AvgIpc) is 2.37. The van der Waals surface area contributed by atoms with Crippen molar-refractivity contribution < 1.29 is 13.3 Å². The summed E-state index contributed by atoms with van der Waals surface area (Å²) in [5, 5.41) is 0. The zero-order chi connectivity index (χ0) is 11.9. The van der Waals surface area contributed by atoms with Crippen LogP contribution in [0.25, 0.3) is 0 Å². The fourth-order valence-corrected chi connectivity index (χ4v) is 3.52. The van der Waals surface area contributed by atoms with Crippen molar-refractivity contribution >= 4 is 15.1 Å². The minimum Gasteiger partial charge on any atom is -0.377 e. The van der Waals surface area contributed by atoms with Crippen LogP contribution in [0, 0.1) is 0 Å². The van der Waals surface area contributed by atoms with Crippen LogP contribution in [-0.4, -0.2) is 61.0 Å². The highest BCUT2D eigenvalue weighted by Gasteiger charge is 2.36. The summed E-state index contributed by atoms with van der Waals surface area (Å²) in [6.45, 7) is 3.06. The van der Waals surface area contributed by atoms with Crippen molar-refractivity contribution in [1.82, 2.24) is 4.90 Å². The normalized spacial score (nSPS) is 16.8. The van der Waals surface area contributed by atoms with E-state index < -0.39 is 8.80 Å². The Morgan fingerprint density at radius 2 is 1.94 bits per heavy atom. The summed E-state index contributed by atoms with van der Waals surface area (Å²) in [5.41, 5.74) is 0. The fourth-order valence-electron chi connectivity index (χ4n) is 1.82. The molecule has 0 atom stereocenters. The lowest BCUT2D eigenvalue weighted by molar-refractivity contribution is 0.122. The maximum Gasteiger partial charge on any atom is 0.500 e. The van der Waals surface area contributed by atoms with E-state index in [1.165, 1.54) is 0 Å². The van der Waals surface area contributed by atoms with Crippen molar-refractivity contribution in [3.8, 4) is 0 Å². The summed E-state index contributed by atoms with van der Waals surface area (Å²) < 4.78 is 16.1. The minimum atomic E-state index is -2.37. The van der Waals surface area contributed by atoms with Crippen LogP contribution >= 0.6 is 0 Å². The van der Waals surface area contributed by atoms with Crippen LogP contribution in [0.15, 0.2) is 4.99 Å². The third-order valence-electron chi connectivity index (χ3n) is 2.84. The van der Waals surface area contributed by atoms with Crippen LogP contribution in [-0.2, 0) is 13.3 Å². The Bertz CT molecular complexity index is 214. The molecule has 0 aliphatic carbocycles. The summed E-state index contributed by atoms with van der Waals surface area (Å²) >= 11 is 0. The molecule has 0 amide bonds. The molecule has 0 saturated carbocycles. The van der Waals surface area contributed by atoms with Crippen molar-refractivity contribution in [2.45, 2.75) is 18.9 Å². The standard InChI is InChI=1S/C10H22N2O3Si/c1-13-16(14-2,15-3)9-5-8-12-7-4-6-11-10-12/h10H,4-9H2,1-3H3. The van der Waals surface area contributed by atoms with Crippen LogP contribution in [0.5, 0.6) is 0 Å². The van der Waals surface area contributed by atoms with E-state index in [4.69, 9.17) is 13.3 Å². The second-order valence-electron chi connectivity index (χ2n) is 3.81. The summed E-state index contributed by atoms with van der Waals surface area (Å²) in [5.74, 6) is 0. The smallest absolute Gasteiger partial charge is 0.377 e. The summed E-state index contributed by atoms with van der Waals surface area (Å²) in [6.07, 6.45) is 4.10. The highest BCUT2D eigenvalue weighted by Crippen LogP contribution is 2.15. The Hall–Kier alpha value is -0.433. The van der Waals surface area contributed by atoms with Crippen molar-refractivity contribution in [2.75, 3.05) is 41.0 Å². The Morgan fingerprint density at radius 1 is 1.25 bits per heavy atom. The number of hydrogen-bond donors (Lipinski definition) is 0. The van der Waals surface area contributed by atoms with E-state index in [-0.39, 0.29) is 0 Å². The molecule has 1 rings (SSSR count). The predicted octanol–water partition coefficient (Wildman–Crippen LogP) is 0.989. The van der Waals surface area contributed by atoms with Gasteiger partial charge in [-0.05, 0) is 12.8 Å². The van der Waals surface area contributed by atoms with Gasteiger partial charge in [0.05, 0.1) is 6.34 Å². The van der Waals surface area contributed by atoms with E-state index in [2.05, 4.69) is 9.89 Å². The van der Waals surface area contributed by atoms with Gasteiger partial charge in [-0.3, -0.25) is 4.99 Å². The fraction of sp³-hybridized carbons (Fsp3) is 0.900. The van der Waals surface area contributed by atoms with Gasteiger partial charge in [-0.25, -0.2) is 0 Å². The molecular weight excluding hydrogens is 224 g/mol. The third kappa shape index (κ3) is 3.86. The Labute approximate surface area is 98.8 Å². The molecule has 1 heterocycles. The van der Waals surface area contributed by atoms with Gasteiger partial charge in [-0.15, -0.1) is 0 Å². The average molecular weight is 246 g/mol. The number of nitrogens with zero attached hydrogens (tertiary/aromatic N) is 2. The molecule has 1 aliphatic heterocycles. The molecule has 0 radical (unpaired) electrons. The van der Waals surface area contributed by atoms with Gasteiger partial charge in [0.2, 0.25) is 0 Å². The zero-order valence-electron chi connectivity index (χ0n) is 10.4. The highest BCUT2D eigenvalue weighted by molar-refractivity contribution is 6.60. The van der Waals surface area contributed by atoms with Crippen LogP contribution in [0.1, 0.15) is 12.8 Å². The molecule has 16 heavy (non-hydrogen) atoms. The van der Waals surface area contributed by atoms with E-state index in [0.29, 0.717) is 0 Å². The maximum absolute atomic E-state index is 5.37. The summed E-state index contributed by atoms with van der Waals surface area (Å²) in [7, 11) is 2.59. The highest BCUT2D eigenvalue weighted by atomic mass is 28.4. The molecule has 0 aromatic heterocycles. The first kappa shape index (κ1) is 13.6. The molecule has 94 valence electrons. The van der Waals surface area contributed by atoms with Gasteiger partial charge in [0.15, 0.2) is 0 Å². The maximum atomic E-state index is 5.37. The molecule has 0 aromatic rings. The molecule has 0 spiro atoms. The number of hydrogen-bond acceptors (Lipinski definition) is 5. The van der Waals surface area contributed by atoms with E-state index in [0.717, 1.165) is 38.5 Å². The summed E-state index contributed by atoms with van der Waals surface area (Å²) in [4.78, 5) is 6.49. The Balaban J connectivity index is 2.27. The van der Waals surface area contributed by atoms with Crippen LogP contribution in [0.2, 0.25) is 6.04 Å². The largest absolute Gasteiger partial charge is 0.500 e. The van der Waals surface area contributed by atoms with Crippen molar-refractivity contribution in [3.63, 3.8) is 0 Å². The predicted molar refractivity (Wildman–Crippen MR) is 65.8 cm³/mol. The first-order chi connectivity index (χ1) is 7.76. The van der Waals surface area contributed by atoms with Crippen molar-refractivity contribution in [2.24, 2.45) is 4.99 Å². The second-order valence-corrected chi connectivity index (χ2v) is 6.90. The molecule has 1 aliphatic rings. The topological polar surface area (TPSA) is 43.3 Å². The summed E-state index contributed by atoms with van der Waals surface area (Å²) in [6, 6.07) is 0.848. The molecule has 0 unspecified atom stereocenters. The van der Waals surface area contributed by atoms with E-state index in [1.807, 2.05) is 6.34 Å². The van der Waals surface area contributed by atoms with Crippen LogP contribution in [0.3, 0.4) is 0 Å². The van der Waals surface area contributed by atoms with Gasteiger partial charge in [0, 0.05) is 47.0 Å². The second kappa shape index (κ2) is 7.00. The van der Waals surface area contributed by atoms with Gasteiger partial charge in [-0.1, -0.05) is 0 Å². The third-order valence-corrected chi connectivity index (χ3v) is 5.67. The van der Waals surface area contributed by atoms with E-state index >= 15 is 0 Å². The van der Waals surface area contributed by atoms with Gasteiger partial charge in [-0.2, -0.15) is 0 Å². The van der Waals surface area contributed by atoms with Gasteiger partial charge >= 0.3 is 8.80 Å². The van der Waals surface area contributed by atoms with Gasteiger partial charge in [0.25, 0.3) is 0 Å². The lowest BCUT2D eigenvalue weighted by Crippen LogP contribution is -2.43. The molecule has 6 heteroatoms. The Kier molecular flexibility index (Phi) is 5.97. The molecule has 0 saturated heterocycles. The van der Waals surface area contributed by atoms with E-state index in [1.54, 1.807) is 21.3 Å². The Morgan fingerprint density at radius 3 is 2.44 bits per heavy atom. The van der Waals surface area contributed by atoms with E-state index in [9.17, 15) is 0 Å². The quantitative estimate of drug-likeness (QED) is 0.628. The molecule has 0 bridgehead atoms. The van der Waals surface area contributed by atoms with Crippen molar-refractivity contribution in [3.05, 3.63) is 0 Å². The van der Waals surface area contributed by atoms with Gasteiger partial charge < -0.3 is 18.2 Å². The van der Waals surface area contributed by atoms with Crippen LogP contribution < -0.4 is 0 Å². The first-order valence-corrected chi connectivity index (χ1v) is 7.59.